The van der Waals surface area contributed by atoms with Crippen molar-refractivity contribution < 1.29 is 9.59 Å². The van der Waals surface area contributed by atoms with E-state index in [9.17, 15) is 9.59 Å². The van der Waals surface area contributed by atoms with Crippen LogP contribution < -0.4 is 0 Å². The van der Waals surface area contributed by atoms with Crippen LogP contribution in [0.5, 0.6) is 0 Å². The number of carbonyl (C=O) groups excluding carboxylic acids is 2. The summed E-state index contributed by atoms with van der Waals surface area (Å²) < 4.78 is 1.94. The van der Waals surface area contributed by atoms with Crippen LogP contribution in [0.4, 0.5) is 0 Å². The molecule has 0 radical (unpaired) electrons. The summed E-state index contributed by atoms with van der Waals surface area (Å²) >= 11 is 0. The van der Waals surface area contributed by atoms with Gasteiger partial charge in [0, 0.05) is 32.9 Å². The summed E-state index contributed by atoms with van der Waals surface area (Å²) in [5, 5.41) is 0. The largest absolute Gasteiger partial charge is 0.334 e. The van der Waals surface area contributed by atoms with Gasteiger partial charge in [-0.1, -0.05) is 12.1 Å². The highest BCUT2D eigenvalue weighted by Gasteiger charge is 2.33. The first-order chi connectivity index (χ1) is 13.6. The van der Waals surface area contributed by atoms with Crippen molar-refractivity contribution in [2.45, 2.75) is 32.4 Å². The number of nitrogens with zero attached hydrogens (tertiary/aromatic N) is 5. The third kappa shape index (κ3) is 3.24. The lowest BCUT2D eigenvalue weighted by atomic mass is 10.2. The van der Waals surface area contributed by atoms with Crippen LogP contribution in [-0.4, -0.2) is 49.6 Å². The zero-order chi connectivity index (χ0) is 19.7. The molecule has 2 amide bonds. The van der Waals surface area contributed by atoms with Crippen LogP contribution in [0.25, 0.3) is 5.52 Å². The predicted octanol–water partition coefficient (Wildman–Crippen LogP) is 2.68. The van der Waals surface area contributed by atoms with E-state index in [2.05, 4.69) is 4.98 Å². The van der Waals surface area contributed by atoms with Crippen LogP contribution in [0, 0.1) is 0 Å². The van der Waals surface area contributed by atoms with Crippen molar-refractivity contribution in [2.75, 3.05) is 13.6 Å². The summed E-state index contributed by atoms with van der Waals surface area (Å²) in [6, 6.07) is 11.2. The van der Waals surface area contributed by atoms with E-state index in [1.807, 2.05) is 51.9 Å². The van der Waals surface area contributed by atoms with Gasteiger partial charge < -0.3 is 14.2 Å². The van der Waals surface area contributed by atoms with Gasteiger partial charge in [0.1, 0.15) is 5.82 Å². The summed E-state index contributed by atoms with van der Waals surface area (Å²) in [5.41, 5.74) is 1.98. The Bertz CT molecular complexity index is 1010. The maximum atomic E-state index is 13.1. The van der Waals surface area contributed by atoms with Gasteiger partial charge in [-0.15, -0.1) is 0 Å². The molecule has 0 saturated carbocycles. The van der Waals surface area contributed by atoms with Gasteiger partial charge in [-0.2, -0.15) is 0 Å². The lowest BCUT2D eigenvalue weighted by molar-refractivity contribution is -0.129. The van der Waals surface area contributed by atoms with Gasteiger partial charge in [-0.25, -0.2) is 4.98 Å². The minimum absolute atomic E-state index is 0.0373. The van der Waals surface area contributed by atoms with Crippen LogP contribution in [0.3, 0.4) is 0 Å². The topological polar surface area (TPSA) is 70.8 Å². The molecule has 4 heterocycles. The van der Waals surface area contributed by atoms with E-state index in [0.29, 0.717) is 12.2 Å². The number of hydrogen-bond acceptors (Lipinski definition) is 4. The zero-order valence-corrected chi connectivity index (χ0v) is 16.1. The first kappa shape index (κ1) is 18.2. The Labute approximate surface area is 163 Å². The Morgan fingerprint density at radius 2 is 2.04 bits per heavy atom. The molecular formula is C21H23N5O2. The molecule has 7 nitrogen and oxygen atoms in total. The highest BCUT2D eigenvalue weighted by atomic mass is 16.2. The van der Waals surface area contributed by atoms with E-state index in [-0.39, 0.29) is 17.9 Å². The third-order valence-corrected chi connectivity index (χ3v) is 5.21. The second-order valence-electron chi connectivity index (χ2n) is 7.13. The Balaban J connectivity index is 1.70. The minimum atomic E-state index is -0.159. The van der Waals surface area contributed by atoms with Gasteiger partial charge in [-0.05, 0) is 37.1 Å². The molecule has 144 valence electrons. The Hall–Kier alpha value is -3.22. The van der Waals surface area contributed by atoms with Gasteiger partial charge in [0.2, 0.25) is 5.91 Å². The Kier molecular flexibility index (Phi) is 4.81. The quantitative estimate of drug-likeness (QED) is 0.701. The third-order valence-electron chi connectivity index (χ3n) is 5.21. The van der Waals surface area contributed by atoms with E-state index >= 15 is 0 Å². The molecule has 0 aromatic carbocycles. The number of rotatable bonds is 4. The number of amides is 2. The Morgan fingerprint density at radius 3 is 2.79 bits per heavy atom. The van der Waals surface area contributed by atoms with Crippen molar-refractivity contribution in [3.8, 4) is 0 Å². The fourth-order valence-corrected chi connectivity index (χ4v) is 3.85. The molecular weight excluding hydrogens is 354 g/mol. The van der Waals surface area contributed by atoms with E-state index in [0.717, 1.165) is 36.4 Å². The molecule has 0 unspecified atom stereocenters. The maximum Gasteiger partial charge on any atom is 0.274 e. The average Bonchev–Trinajstić information content (AvgIpc) is 3.33. The summed E-state index contributed by atoms with van der Waals surface area (Å²) in [6.45, 7) is 2.72. The second kappa shape index (κ2) is 7.42. The summed E-state index contributed by atoms with van der Waals surface area (Å²) in [6.07, 6.45) is 5.41. The standard InChI is InChI=1S/C21H23N5O2/c1-15(27)25-13-7-10-18(25)20-23-19(17-9-4-6-12-26(17)20)21(28)24(2)14-16-8-3-5-11-22-16/h3-6,8-9,11-12,18H,7,10,13-14H2,1-2H3/t18-/m0/s1. The smallest absolute Gasteiger partial charge is 0.274 e. The molecule has 0 N–H and O–H groups in total. The van der Waals surface area contributed by atoms with Crippen molar-refractivity contribution in [1.29, 1.82) is 0 Å². The molecule has 7 heteroatoms. The SMILES string of the molecule is CC(=O)N1CCC[C@H]1c1nc(C(=O)N(C)Cc2ccccn2)c2ccccn12. The van der Waals surface area contributed by atoms with E-state index in [1.165, 1.54) is 0 Å². The van der Waals surface area contributed by atoms with Crippen LogP contribution in [0.1, 0.15) is 47.8 Å². The van der Waals surface area contributed by atoms with E-state index in [4.69, 9.17) is 4.98 Å². The highest BCUT2D eigenvalue weighted by molar-refractivity contribution is 5.99. The van der Waals surface area contributed by atoms with Crippen molar-refractivity contribution >= 4 is 17.3 Å². The first-order valence-corrected chi connectivity index (χ1v) is 9.46. The monoisotopic (exact) mass is 377 g/mol. The molecule has 1 atom stereocenters. The lowest BCUT2D eigenvalue weighted by Crippen LogP contribution is -2.29. The van der Waals surface area contributed by atoms with Crippen LogP contribution in [-0.2, 0) is 11.3 Å². The zero-order valence-electron chi connectivity index (χ0n) is 16.1. The van der Waals surface area contributed by atoms with Crippen molar-refractivity contribution in [3.63, 3.8) is 0 Å². The number of hydrogen-bond donors (Lipinski definition) is 0. The normalized spacial score (nSPS) is 16.5. The van der Waals surface area contributed by atoms with Gasteiger partial charge >= 0.3 is 0 Å². The molecule has 1 aliphatic heterocycles. The molecule has 4 rings (SSSR count). The second-order valence-corrected chi connectivity index (χ2v) is 7.13. The molecule has 28 heavy (non-hydrogen) atoms. The number of pyridine rings is 2. The maximum absolute atomic E-state index is 13.1. The molecule has 1 fully saturated rings. The lowest BCUT2D eigenvalue weighted by Gasteiger charge is -2.22. The molecule has 0 spiro atoms. The van der Waals surface area contributed by atoms with Gasteiger partial charge in [0.15, 0.2) is 5.69 Å². The summed E-state index contributed by atoms with van der Waals surface area (Å²) in [7, 11) is 1.75. The van der Waals surface area contributed by atoms with Crippen molar-refractivity contribution in [3.05, 3.63) is 66.0 Å². The number of fused-ring (bicyclic) bond motifs is 1. The number of imidazole rings is 1. The Morgan fingerprint density at radius 1 is 1.21 bits per heavy atom. The fourth-order valence-electron chi connectivity index (χ4n) is 3.85. The number of aromatic nitrogens is 3. The van der Waals surface area contributed by atoms with Crippen LogP contribution >= 0.6 is 0 Å². The molecule has 3 aromatic rings. The van der Waals surface area contributed by atoms with Crippen molar-refractivity contribution in [1.82, 2.24) is 24.2 Å². The van der Waals surface area contributed by atoms with Crippen molar-refractivity contribution in [2.24, 2.45) is 0 Å². The van der Waals surface area contributed by atoms with Gasteiger partial charge in [0.25, 0.3) is 5.91 Å². The number of carbonyl (C=O) groups is 2. The first-order valence-electron chi connectivity index (χ1n) is 9.46. The molecule has 1 aliphatic rings. The number of likely N-dealkylation sites (tertiary alicyclic amines) is 1. The van der Waals surface area contributed by atoms with Crippen LogP contribution in [0.2, 0.25) is 0 Å². The van der Waals surface area contributed by atoms with Gasteiger partial charge in [0.05, 0.1) is 23.8 Å². The summed E-state index contributed by atoms with van der Waals surface area (Å²) in [4.78, 5) is 37.7. The molecule has 0 aliphatic carbocycles. The molecule has 0 bridgehead atoms. The highest BCUT2D eigenvalue weighted by Crippen LogP contribution is 2.32. The molecule has 3 aromatic heterocycles. The van der Waals surface area contributed by atoms with Gasteiger partial charge in [-0.3, -0.25) is 14.6 Å². The summed E-state index contributed by atoms with van der Waals surface area (Å²) in [5.74, 6) is 0.626. The molecule has 1 saturated heterocycles. The predicted molar refractivity (Wildman–Crippen MR) is 105 cm³/mol. The van der Waals surface area contributed by atoms with E-state index in [1.54, 1.807) is 25.1 Å². The van der Waals surface area contributed by atoms with Crippen LogP contribution in [0.15, 0.2) is 48.8 Å². The average molecular weight is 377 g/mol. The fraction of sp³-hybridized carbons (Fsp3) is 0.333. The minimum Gasteiger partial charge on any atom is -0.334 e. The van der Waals surface area contributed by atoms with E-state index < -0.39 is 0 Å².